The van der Waals surface area contributed by atoms with Gasteiger partial charge in [0, 0.05) is 24.2 Å². The number of aryl methyl sites for hydroxylation is 1. The molecule has 9 heteroatoms. The summed E-state index contributed by atoms with van der Waals surface area (Å²) in [4.78, 5) is 31.3. The first-order valence-corrected chi connectivity index (χ1v) is 10.6. The van der Waals surface area contributed by atoms with Gasteiger partial charge in [-0.3, -0.25) is 19.5 Å². The third-order valence-electron chi connectivity index (χ3n) is 4.75. The number of hydrogen-bond acceptors (Lipinski definition) is 6. The number of rotatable bonds is 4. The number of thiophene rings is 1. The summed E-state index contributed by atoms with van der Waals surface area (Å²) in [5.74, 6) is -0.842. The maximum Gasteiger partial charge on any atom is 0.280 e. The maximum atomic E-state index is 12.8. The molecule has 2 amide bonds. The smallest absolute Gasteiger partial charge is 0.268 e. The second-order valence-electron chi connectivity index (χ2n) is 6.26. The van der Waals surface area contributed by atoms with E-state index < -0.39 is 27.9 Å². The highest BCUT2D eigenvalue weighted by molar-refractivity contribution is 7.91. The molecule has 4 rings (SSSR count). The lowest BCUT2D eigenvalue weighted by Gasteiger charge is -2.22. The number of amides is 2. The van der Waals surface area contributed by atoms with Crippen LogP contribution < -0.4 is 0 Å². The van der Waals surface area contributed by atoms with Crippen molar-refractivity contribution in [3.8, 4) is 0 Å². The molecule has 1 saturated heterocycles. The molecule has 0 aromatic carbocycles. The van der Waals surface area contributed by atoms with Crippen molar-refractivity contribution in [1.29, 1.82) is 0 Å². The van der Waals surface area contributed by atoms with E-state index in [0.717, 1.165) is 11.3 Å². The standard InChI is InChI=1S/C17H17N3O4S2/c1-2-12-5-6-14(25-12)26(23,24)19-9-7-11(10-19)20-16(21)13-4-3-8-18-15(13)17(20)22/h3-6,8,11H,2,7,9-10H2,1H3. The fraction of sp³-hybridized carbons (Fsp3) is 0.353. The van der Waals surface area contributed by atoms with Crippen molar-refractivity contribution in [2.24, 2.45) is 0 Å². The predicted octanol–water partition coefficient (Wildman–Crippen LogP) is 1.76. The molecule has 26 heavy (non-hydrogen) atoms. The highest BCUT2D eigenvalue weighted by Crippen LogP contribution is 2.31. The first kappa shape index (κ1) is 17.3. The third kappa shape index (κ3) is 2.58. The Morgan fingerprint density at radius 2 is 2.04 bits per heavy atom. The number of hydrogen-bond donors (Lipinski definition) is 0. The normalized spacial score (nSPS) is 20.8. The molecule has 2 aromatic rings. The summed E-state index contributed by atoms with van der Waals surface area (Å²) in [7, 11) is -3.61. The first-order chi connectivity index (χ1) is 12.4. The molecule has 0 radical (unpaired) electrons. The van der Waals surface area contributed by atoms with Gasteiger partial charge in [0.05, 0.1) is 11.6 Å². The Labute approximate surface area is 155 Å². The van der Waals surface area contributed by atoms with Gasteiger partial charge >= 0.3 is 0 Å². The molecule has 0 saturated carbocycles. The zero-order chi connectivity index (χ0) is 18.5. The number of pyridine rings is 1. The number of aromatic nitrogens is 1. The number of carbonyl (C=O) groups is 2. The topological polar surface area (TPSA) is 87.7 Å². The van der Waals surface area contributed by atoms with Crippen LogP contribution in [0.5, 0.6) is 0 Å². The Balaban J connectivity index is 1.56. The van der Waals surface area contributed by atoms with E-state index in [4.69, 9.17) is 0 Å². The van der Waals surface area contributed by atoms with E-state index in [2.05, 4.69) is 4.98 Å². The van der Waals surface area contributed by atoms with Crippen molar-refractivity contribution in [3.05, 3.63) is 46.6 Å². The minimum Gasteiger partial charge on any atom is -0.268 e. The maximum absolute atomic E-state index is 12.8. The van der Waals surface area contributed by atoms with Crippen LogP contribution in [-0.4, -0.2) is 53.6 Å². The van der Waals surface area contributed by atoms with Gasteiger partial charge in [0.15, 0.2) is 0 Å². The number of nitrogens with zero attached hydrogens (tertiary/aromatic N) is 3. The number of sulfonamides is 1. The molecular weight excluding hydrogens is 374 g/mol. The van der Waals surface area contributed by atoms with Gasteiger partial charge in [-0.15, -0.1) is 11.3 Å². The van der Waals surface area contributed by atoms with Crippen LogP contribution in [0.1, 0.15) is 39.1 Å². The third-order valence-corrected chi connectivity index (χ3v) is 8.31. The van der Waals surface area contributed by atoms with E-state index in [1.54, 1.807) is 18.2 Å². The fourth-order valence-electron chi connectivity index (χ4n) is 3.37. The lowest BCUT2D eigenvalue weighted by Crippen LogP contribution is -2.42. The van der Waals surface area contributed by atoms with Gasteiger partial charge in [-0.2, -0.15) is 4.31 Å². The summed E-state index contributed by atoms with van der Waals surface area (Å²) >= 11 is 1.26. The summed E-state index contributed by atoms with van der Waals surface area (Å²) < 4.78 is 27.3. The number of imide groups is 1. The first-order valence-electron chi connectivity index (χ1n) is 8.35. The van der Waals surface area contributed by atoms with Gasteiger partial charge in [-0.25, -0.2) is 8.42 Å². The van der Waals surface area contributed by atoms with E-state index in [1.807, 2.05) is 13.0 Å². The van der Waals surface area contributed by atoms with Gasteiger partial charge < -0.3 is 0 Å². The fourth-order valence-corrected chi connectivity index (χ4v) is 6.31. The summed E-state index contributed by atoms with van der Waals surface area (Å²) in [6.07, 6.45) is 2.68. The van der Waals surface area contributed by atoms with Crippen LogP contribution >= 0.6 is 11.3 Å². The van der Waals surface area contributed by atoms with Crippen molar-refractivity contribution in [3.63, 3.8) is 0 Å². The Bertz CT molecular complexity index is 964. The molecule has 4 heterocycles. The summed E-state index contributed by atoms with van der Waals surface area (Å²) in [5.41, 5.74) is 0.425. The van der Waals surface area contributed by atoms with Gasteiger partial charge in [0.2, 0.25) is 0 Å². The van der Waals surface area contributed by atoms with Crippen molar-refractivity contribution in [2.45, 2.75) is 30.0 Å². The van der Waals surface area contributed by atoms with Crippen LogP contribution in [-0.2, 0) is 16.4 Å². The lowest BCUT2D eigenvalue weighted by molar-refractivity contribution is 0.0591. The zero-order valence-corrected chi connectivity index (χ0v) is 15.7. The van der Waals surface area contributed by atoms with E-state index >= 15 is 0 Å². The van der Waals surface area contributed by atoms with Crippen molar-refractivity contribution in [2.75, 3.05) is 13.1 Å². The van der Waals surface area contributed by atoms with Gasteiger partial charge in [0.25, 0.3) is 21.8 Å². The molecule has 0 N–H and O–H groups in total. The van der Waals surface area contributed by atoms with Gasteiger partial charge in [-0.1, -0.05) is 6.92 Å². The van der Waals surface area contributed by atoms with E-state index in [0.29, 0.717) is 10.6 Å². The van der Waals surface area contributed by atoms with E-state index in [9.17, 15) is 18.0 Å². The zero-order valence-electron chi connectivity index (χ0n) is 14.1. The van der Waals surface area contributed by atoms with Crippen LogP contribution in [0.3, 0.4) is 0 Å². The van der Waals surface area contributed by atoms with Crippen molar-refractivity contribution < 1.29 is 18.0 Å². The van der Waals surface area contributed by atoms with Crippen LogP contribution in [0.25, 0.3) is 0 Å². The highest BCUT2D eigenvalue weighted by atomic mass is 32.2. The van der Waals surface area contributed by atoms with Crippen LogP contribution in [0, 0.1) is 0 Å². The molecule has 0 aliphatic carbocycles. The molecule has 136 valence electrons. The molecule has 2 aliphatic heterocycles. The van der Waals surface area contributed by atoms with Crippen molar-refractivity contribution >= 4 is 33.2 Å². The second kappa shape index (κ2) is 6.26. The SMILES string of the molecule is CCc1ccc(S(=O)(=O)N2CCC(N3C(=O)c4cccnc4C3=O)C2)s1. The predicted molar refractivity (Wildman–Crippen MR) is 95.6 cm³/mol. The molecule has 1 atom stereocenters. The van der Waals surface area contributed by atoms with Crippen LogP contribution in [0.4, 0.5) is 0 Å². The summed E-state index contributed by atoms with van der Waals surface area (Å²) in [6, 6.07) is 6.16. The Morgan fingerprint density at radius 1 is 1.23 bits per heavy atom. The Kier molecular flexibility index (Phi) is 4.17. The molecule has 1 unspecified atom stereocenters. The second-order valence-corrected chi connectivity index (χ2v) is 9.59. The average molecular weight is 391 g/mol. The number of fused-ring (bicyclic) bond motifs is 1. The van der Waals surface area contributed by atoms with Crippen LogP contribution in [0.2, 0.25) is 0 Å². The minimum absolute atomic E-state index is 0.118. The quantitative estimate of drug-likeness (QED) is 0.741. The lowest BCUT2D eigenvalue weighted by atomic mass is 10.2. The average Bonchev–Trinajstić information content (AvgIpc) is 3.35. The monoisotopic (exact) mass is 391 g/mol. The van der Waals surface area contributed by atoms with E-state index in [-0.39, 0.29) is 24.3 Å². The molecule has 0 spiro atoms. The largest absolute Gasteiger partial charge is 0.280 e. The van der Waals surface area contributed by atoms with Crippen LogP contribution in [0.15, 0.2) is 34.7 Å². The minimum atomic E-state index is -3.61. The molecule has 1 fully saturated rings. The van der Waals surface area contributed by atoms with Gasteiger partial charge in [0.1, 0.15) is 9.90 Å². The molecule has 2 aliphatic rings. The Morgan fingerprint density at radius 3 is 2.73 bits per heavy atom. The van der Waals surface area contributed by atoms with E-state index in [1.165, 1.54) is 26.7 Å². The Hall–Kier alpha value is -2.10. The molecule has 7 nitrogen and oxygen atoms in total. The summed E-state index contributed by atoms with van der Waals surface area (Å²) in [5, 5.41) is 0. The van der Waals surface area contributed by atoms with Gasteiger partial charge in [-0.05, 0) is 37.1 Å². The molecule has 0 bridgehead atoms. The van der Waals surface area contributed by atoms with Crippen molar-refractivity contribution in [1.82, 2.24) is 14.2 Å². The summed E-state index contributed by atoms with van der Waals surface area (Å²) in [6.45, 7) is 2.38. The highest BCUT2D eigenvalue weighted by Gasteiger charge is 2.45. The molecule has 2 aromatic heterocycles. The molecular formula is C17H17N3O4S2. The number of carbonyl (C=O) groups excluding carboxylic acids is 2.